The van der Waals surface area contributed by atoms with Gasteiger partial charge in [0.05, 0.1) is 6.54 Å². The summed E-state index contributed by atoms with van der Waals surface area (Å²) in [5, 5.41) is 0. The van der Waals surface area contributed by atoms with E-state index < -0.39 is 0 Å². The van der Waals surface area contributed by atoms with Gasteiger partial charge >= 0.3 is 0 Å². The van der Waals surface area contributed by atoms with E-state index in [1.807, 2.05) is 0 Å². The van der Waals surface area contributed by atoms with Crippen molar-refractivity contribution in [2.24, 2.45) is 25.0 Å². The molecule has 3 nitrogen and oxygen atoms in total. The molecule has 0 radical (unpaired) electrons. The lowest BCUT2D eigenvalue weighted by Gasteiger charge is -2.07. The third-order valence-corrected chi connectivity index (χ3v) is 5.43. The fourth-order valence-electron chi connectivity index (χ4n) is 4.23. The smallest absolute Gasteiger partial charge is 0.0606 e. The zero-order valence-corrected chi connectivity index (χ0v) is 20.7. The molecule has 0 atom stereocenters. The molecule has 1 aliphatic heterocycles. The van der Waals surface area contributed by atoms with Gasteiger partial charge < -0.3 is 9.13 Å². The van der Waals surface area contributed by atoms with E-state index in [9.17, 15) is 0 Å². The topological polar surface area (TPSA) is 22.2 Å². The lowest BCUT2D eigenvalue weighted by atomic mass is 9.96. The van der Waals surface area contributed by atoms with Gasteiger partial charge in [-0.1, -0.05) is 49.0 Å². The van der Waals surface area contributed by atoms with Gasteiger partial charge in [-0.2, -0.15) is 0 Å². The normalized spacial score (nSPS) is 13.1. The maximum absolute atomic E-state index is 4.36. The van der Waals surface area contributed by atoms with Crippen molar-refractivity contribution in [3.8, 4) is 0 Å². The van der Waals surface area contributed by atoms with Gasteiger partial charge in [-0.15, -0.1) is 0 Å². The summed E-state index contributed by atoms with van der Waals surface area (Å²) in [5.74, 6) is 1.93. The minimum absolute atomic E-state index is 0. The number of allylic oxidation sites excluding steroid dienone is 1. The molecule has 0 bridgehead atoms. The fraction of sp³-hybridized carbons (Fsp3) is 0.593. The van der Waals surface area contributed by atoms with Crippen molar-refractivity contribution < 1.29 is 0 Å². The van der Waals surface area contributed by atoms with Crippen LogP contribution in [0.2, 0.25) is 0 Å². The Morgan fingerprint density at radius 1 is 0.800 bits per heavy atom. The van der Waals surface area contributed by atoms with Crippen LogP contribution in [0, 0.1) is 12.8 Å². The van der Waals surface area contributed by atoms with Crippen molar-refractivity contribution >= 4 is 5.71 Å². The molecule has 3 heterocycles. The fourth-order valence-corrected chi connectivity index (χ4v) is 4.23. The Morgan fingerprint density at radius 2 is 1.40 bits per heavy atom. The summed E-state index contributed by atoms with van der Waals surface area (Å²) in [5.41, 5.74) is 8.41. The zero-order chi connectivity index (χ0) is 22.3. The highest BCUT2D eigenvalue weighted by Gasteiger charge is 2.14. The average molecular weight is 414 g/mol. The summed E-state index contributed by atoms with van der Waals surface area (Å²) in [6.45, 7) is 20.7. The van der Waals surface area contributed by atoms with Crippen molar-refractivity contribution in [3.05, 3.63) is 58.7 Å². The van der Waals surface area contributed by atoms with E-state index in [0.29, 0.717) is 17.8 Å². The predicted molar refractivity (Wildman–Crippen MR) is 136 cm³/mol. The molecule has 30 heavy (non-hydrogen) atoms. The van der Waals surface area contributed by atoms with Crippen LogP contribution in [0.5, 0.6) is 0 Å². The second-order valence-corrected chi connectivity index (χ2v) is 9.10. The summed E-state index contributed by atoms with van der Waals surface area (Å²) >= 11 is 0. The number of hydrogen-bond acceptors (Lipinski definition) is 1. The molecule has 0 fully saturated rings. The SMILES string of the molecule is C.CC(C)c1cccn1C.CC1=NCC(C)=C1C(C)C.Cc1ccn(C)c1C(C)C. The van der Waals surface area contributed by atoms with E-state index in [1.165, 1.54) is 33.8 Å². The van der Waals surface area contributed by atoms with Crippen molar-refractivity contribution in [3.63, 3.8) is 0 Å². The minimum Gasteiger partial charge on any atom is -0.354 e. The largest absolute Gasteiger partial charge is 0.354 e. The van der Waals surface area contributed by atoms with E-state index in [0.717, 1.165) is 6.54 Å². The molecule has 1 aliphatic rings. The van der Waals surface area contributed by atoms with Gasteiger partial charge in [-0.05, 0) is 73.4 Å². The zero-order valence-electron chi connectivity index (χ0n) is 20.7. The van der Waals surface area contributed by atoms with Crippen LogP contribution in [0.15, 0.2) is 46.7 Å². The van der Waals surface area contributed by atoms with E-state index >= 15 is 0 Å². The standard InChI is InChI=1S/2C9H15N.C8H13N.CH4/c1-7(2)9-8(3)5-6-10(9)4;1-6(2)9-7(3)5-10-8(9)4;1-7(2)8-5-4-6-9(8)3;/h5-7H,1-4H3;6H,5H2,1-4H3;4-7H,1-3H3;1H4. The monoisotopic (exact) mass is 413 g/mol. The van der Waals surface area contributed by atoms with Gasteiger partial charge in [-0.25, -0.2) is 0 Å². The lowest BCUT2D eigenvalue weighted by molar-refractivity contribution is 0.735. The van der Waals surface area contributed by atoms with Crippen LogP contribution in [0.25, 0.3) is 0 Å². The number of aryl methyl sites for hydroxylation is 3. The highest BCUT2D eigenvalue weighted by molar-refractivity contribution is 6.01. The Bertz CT molecular complexity index is 807. The second-order valence-electron chi connectivity index (χ2n) is 9.10. The Hall–Kier alpha value is -2.03. The van der Waals surface area contributed by atoms with Crippen LogP contribution >= 0.6 is 0 Å². The third-order valence-electron chi connectivity index (χ3n) is 5.43. The van der Waals surface area contributed by atoms with Crippen molar-refractivity contribution in [1.29, 1.82) is 0 Å². The Morgan fingerprint density at radius 3 is 1.60 bits per heavy atom. The lowest BCUT2D eigenvalue weighted by Crippen LogP contribution is -2.02. The summed E-state index contributed by atoms with van der Waals surface area (Å²) in [6.07, 6.45) is 4.19. The van der Waals surface area contributed by atoms with Gasteiger partial charge in [0.2, 0.25) is 0 Å². The van der Waals surface area contributed by atoms with Crippen LogP contribution < -0.4 is 0 Å². The third kappa shape index (κ3) is 7.66. The molecule has 170 valence electrons. The van der Waals surface area contributed by atoms with E-state index in [-0.39, 0.29) is 7.43 Å². The van der Waals surface area contributed by atoms with Crippen LogP contribution in [0.4, 0.5) is 0 Å². The Kier molecular flexibility index (Phi) is 11.8. The van der Waals surface area contributed by atoms with Crippen LogP contribution in [0.1, 0.15) is 91.6 Å². The molecule has 3 rings (SSSR count). The van der Waals surface area contributed by atoms with Gasteiger partial charge in [0.15, 0.2) is 0 Å². The van der Waals surface area contributed by atoms with Crippen LogP contribution in [-0.4, -0.2) is 21.4 Å². The number of aliphatic imine (C=N–C) groups is 1. The molecule has 0 aromatic carbocycles. The van der Waals surface area contributed by atoms with Crippen molar-refractivity contribution in [1.82, 2.24) is 9.13 Å². The highest BCUT2D eigenvalue weighted by Crippen LogP contribution is 2.21. The van der Waals surface area contributed by atoms with E-state index in [2.05, 4.69) is 121 Å². The van der Waals surface area contributed by atoms with Crippen LogP contribution in [-0.2, 0) is 14.1 Å². The molecule has 3 heteroatoms. The van der Waals surface area contributed by atoms with Gasteiger partial charge in [0.25, 0.3) is 0 Å². The molecule has 0 amide bonds. The van der Waals surface area contributed by atoms with Gasteiger partial charge in [0, 0.05) is 43.6 Å². The number of aromatic nitrogens is 2. The average Bonchev–Trinajstić information content (AvgIpc) is 3.28. The maximum atomic E-state index is 4.36. The molecule has 2 aromatic rings. The first kappa shape index (κ1) is 28.0. The molecule has 2 aromatic heterocycles. The first-order valence-electron chi connectivity index (χ1n) is 10.9. The Labute approximate surface area is 186 Å². The van der Waals surface area contributed by atoms with Gasteiger partial charge in [0.1, 0.15) is 0 Å². The van der Waals surface area contributed by atoms with Crippen molar-refractivity contribution in [2.45, 2.75) is 81.6 Å². The maximum Gasteiger partial charge on any atom is 0.0606 e. The Balaban J connectivity index is 0.000000414. The first-order valence-corrected chi connectivity index (χ1v) is 10.9. The molecule has 0 spiro atoms. The predicted octanol–water partition coefficient (Wildman–Crippen LogP) is 7.67. The summed E-state index contributed by atoms with van der Waals surface area (Å²) in [6, 6.07) is 6.40. The van der Waals surface area contributed by atoms with E-state index in [4.69, 9.17) is 0 Å². The van der Waals surface area contributed by atoms with Crippen LogP contribution in [0.3, 0.4) is 0 Å². The highest BCUT2D eigenvalue weighted by atomic mass is 14.9. The molecule has 0 unspecified atom stereocenters. The number of rotatable bonds is 3. The van der Waals surface area contributed by atoms with Crippen molar-refractivity contribution in [2.75, 3.05) is 6.54 Å². The minimum atomic E-state index is 0. The second kappa shape index (κ2) is 12.6. The number of hydrogen-bond donors (Lipinski definition) is 0. The summed E-state index contributed by atoms with van der Waals surface area (Å²) in [4.78, 5) is 4.36. The molecule has 0 N–H and O–H groups in total. The summed E-state index contributed by atoms with van der Waals surface area (Å²) < 4.78 is 4.35. The molecule has 0 saturated carbocycles. The molecule has 0 saturated heterocycles. The van der Waals surface area contributed by atoms with Gasteiger partial charge in [-0.3, -0.25) is 4.99 Å². The number of nitrogens with zero attached hydrogens (tertiary/aromatic N) is 3. The van der Waals surface area contributed by atoms with E-state index in [1.54, 1.807) is 0 Å². The summed E-state index contributed by atoms with van der Waals surface area (Å²) in [7, 11) is 4.18. The molecular weight excluding hydrogens is 366 g/mol. The molecular formula is C27H47N3. The first-order chi connectivity index (χ1) is 13.5. The quantitative estimate of drug-likeness (QED) is 0.492. The molecule has 0 aliphatic carbocycles.